The molecule has 0 radical (unpaired) electrons. The van der Waals surface area contributed by atoms with Crippen molar-refractivity contribution >= 4 is 29.3 Å². The summed E-state index contributed by atoms with van der Waals surface area (Å²) in [6.45, 7) is 2.21. The topological polar surface area (TPSA) is 37.3 Å². The molecule has 2 aromatic rings. The van der Waals surface area contributed by atoms with E-state index in [0.717, 1.165) is 5.21 Å². The van der Waals surface area contributed by atoms with Gasteiger partial charge in [-0.1, -0.05) is 0 Å². The molecule has 0 aliphatic heterocycles. The fraction of sp³-hybridized carbons (Fsp3) is 0.133. The number of carboxylic acid groups (broad SMARTS) is 1. The summed E-state index contributed by atoms with van der Waals surface area (Å²) in [5.74, 6) is -0.864. The second-order valence-electron chi connectivity index (χ2n) is 3.93. The Morgan fingerprint density at radius 1 is 1.00 bits per heavy atom. The molecule has 0 saturated heterocycles. The molecule has 92 valence electrons. The van der Waals surface area contributed by atoms with Crippen molar-refractivity contribution in [3.8, 4) is 0 Å². The standard InChI is InChI=1S/C15H15AsO2/c1-2-16(13-6-4-3-5-7-13)14-10-8-12(9-11-14)15(17)18/h3-11H,2H2,1H3,(H,17,18). The number of rotatable bonds is 4. The van der Waals surface area contributed by atoms with E-state index < -0.39 is 20.6 Å². The van der Waals surface area contributed by atoms with Gasteiger partial charge in [0.05, 0.1) is 0 Å². The Kier molecular flexibility index (Phi) is 4.22. The van der Waals surface area contributed by atoms with Crippen molar-refractivity contribution < 1.29 is 9.90 Å². The summed E-state index contributed by atoms with van der Waals surface area (Å²) in [6.07, 6.45) is 0. The van der Waals surface area contributed by atoms with Gasteiger partial charge in [0.25, 0.3) is 0 Å². The van der Waals surface area contributed by atoms with Gasteiger partial charge in [0.2, 0.25) is 0 Å². The molecule has 1 N–H and O–H groups in total. The van der Waals surface area contributed by atoms with Crippen molar-refractivity contribution in [3.63, 3.8) is 0 Å². The van der Waals surface area contributed by atoms with Crippen LogP contribution in [0.2, 0.25) is 5.21 Å². The molecule has 0 spiro atoms. The molecule has 0 amide bonds. The van der Waals surface area contributed by atoms with Gasteiger partial charge in [0, 0.05) is 0 Å². The Bertz CT molecular complexity index is 520. The van der Waals surface area contributed by atoms with Crippen LogP contribution >= 0.6 is 0 Å². The molecular formula is C15H15AsO2. The van der Waals surface area contributed by atoms with Crippen molar-refractivity contribution in [1.29, 1.82) is 0 Å². The summed E-state index contributed by atoms with van der Waals surface area (Å²) < 4.78 is 2.72. The van der Waals surface area contributed by atoms with Gasteiger partial charge in [-0.05, 0) is 0 Å². The number of aromatic carboxylic acids is 1. The molecule has 0 saturated carbocycles. The van der Waals surface area contributed by atoms with Crippen LogP contribution in [0, 0.1) is 0 Å². The summed E-state index contributed by atoms with van der Waals surface area (Å²) in [4.78, 5) is 10.8. The normalized spacial score (nSPS) is 12.1. The zero-order valence-electron chi connectivity index (χ0n) is 10.2. The Hall–Kier alpha value is -1.53. The van der Waals surface area contributed by atoms with Crippen LogP contribution in [0.15, 0.2) is 54.6 Å². The van der Waals surface area contributed by atoms with Gasteiger partial charge in [-0.25, -0.2) is 0 Å². The third kappa shape index (κ3) is 2.83. The van der Waals surface area contributed by atoms with Crippen LogP contribution in [-0.2, 0) is 0 Å². The molecule has 0 bridgehead atoms. The van der Waals surface area contributed by atoms with Crippen LogP contribution in [0.3, 0.4) is 0 Å². The fourth-order valence-corrected chi connectivity index (χ4v) is 6.25. The van der Waals surface area contributed by atoms with Crippen molar-refractivity contribution in [2.24, 2.45) is 0 Å². The quantitative estimate of drug-likeness (QED) is 0.877. The molecule has 2 nitrogen and oxygen atoms in total. The van der Waals surface area contributed by atoms with Gasteiger partial charge in [-0.3, -0.25) is 0 Å². The predicted octanol–water partition coefficient (Wildman–Crippen LogP) is 2.01. The van der Waals surface area contributed by atoms with Crippen LogP contribution in [0.4, 0.5) is 0 Å². The van der Waals surface area contributed by atoms with Crippen LogP contribution in [0.5, 0.6) is 0 Å². The minimum absolute atomic E-state index is 0.358. The van der Waals surface area contributed by atoms with E-state index in [1.165, 1.54) is 8.70 Å². The predicted molar refractivity (Wildman–Crippen MR) is 75.3 cm³/mol. The Morgan fingerprint density at radius 2 is 1.56 bits per heavy atom. The Morgan fingerprint density at radius 3 is 2.06 bits per heavy atom. The second kappa shape index (κ2) is 5.88. The van der Waals surface area contributed by atoms with E-state index in [2.05, 4.69) is 31.2 Å². The number of carboxylic acids is 1. The van der Waals surface area contributed by atoms with Crippen molar-refractivity contribution in [2.75, 3.05) is 0 Å². The molecule has 0 fully saturated rings. The average molecular weight is 302 g/mol. The molecule has 18 heavy (non-hydrogen) atoms. The van der Waals surface area contributed by atoms with E-state index in [9.17, 15) is 4.79 Å². The van der Waals surface area contributed by atoms with Gasteiger partial charge in [0.1, 0.15) is 0 Å². The Labute approximate surface area is 112 Å². The van der Waals surface area contributed by atoms with Crippen molar-refractivity contribution in [1.82, 2.24) is 0 Å². The molecule has 0 heterocycles. The third-order valence-electron chi connectivity index (χ3n) is 2.81. The number of carbonyl (C=O) groups is 1. The zero-order valence-corrected chi connectivity index (χ0v) is 12.1. The summed E-state index contributed by atoms with van der Waals surface area (Å²) >= 11 is -1.25. The molecule has 3 heteroatoms. The molecular weight excluding hydrogens is 287 g/mol. The second-order valence-corrected chi connectivity index (χ2v) is 9.22. The summed E-state index contributed by atoms with van der Waals surface area (Å²) in [5, 5.41) is 10.0. The molecule has 1 atom stereocenters. The molecule has 2 rings (SSSR count). The van der Waals surface area contributed by atoms with Gasteiger partial charge in [-0.2, -0.15) is 0 Å². The van der Waals surface area contributed by atoms with Crippen LogP contribution in [0.25, 0.3) is 0 Å². The van der Waals surface area contributed by atoms with E-state index in [1.54, 1.807) is 12.1 Å². The average Bonchev–Trinajstić information content (AvgIpc) is 2.41. The molecule has 1 unspecified atom stereocenters. The van der Waals surface area contributed by atoms with E-state index >= 15 is 0 Å². The first-order valence-electron chi connectivity index (χ1n) is 5.88. The van der Waals surface area contributed by atoms with Gasteiger partial charge >= 0.3 is 112 Å². The minimum atomic E-state index is -1.25. The van der Waals surface area contributed by atoms with E-state index in [-0.39, 0.29) is 0 Å². The summed E-state index contributed by atoms with van der Waals surface area (Å²) in [6, 6.07) is 17.9. The van der Waals surface area contributed by atoms with E-state index in [1.807, 2.05) is 18.2 Å². The zero-order chi connectivity index (χ0) is 13.0. The van der Waals surface area contributed by atoms with Crippen LogP contribution in [0.1, 0.15) is 17.3 Å². The monoisotopic (exact) mass is 302 g/mol. The van der Waals surface area contributed by atoms with Crippen molar-refractivity contribution in [3.05, 3.63) is 60.2 Å². The number of hydrogen-bond acceptors (Lipinski definition) is 1. The molecule has 0 aliphatic carbocycles. The number of hydrogen-bond donors (Lipinski definition) is 1. The van der Waals surface area contributed by atoms with E-state index in [4.69, 9.17) is 5.11 Å². The maximum absolute atomic E-state index is 10.8. The number of benzene rings is 2. The van der Waals surface area contributed by atoms with Gasteiger partial charge < -0.3 is 0 Å². The van der Waals surface area contributed by atoms with Crippen LogP contribution < -0.4 is 8.70 Å². The van der Waals surface area contributed by atoms with Gasteiger partial charge in [0.15, 0.2) is 0 Å². The molecule has 2 aromatic carbocycles. The van der Waals surface area contributed by atoms with Crippen LogP contribution in [-0.4, -0.2) is 25.7 Å². The third-order valence-corrected chi connectivity index (χ3v) is 8.00. The summed E-state index contributed by atoms with van der Waals surface area (Å²) in [7, 11) is 0. The van der Waals surface area contributed by atoms with Crippen molar-refractivity contribution in [2.45, 2.75) is 12.1 Å². The first-order valence-corrected chi connectivity index (χ1v) is 9.08. The molecule has 0 aromatic heterocycles. The summed E-state index contributed by atoms with van der Waals surface area (Å²) in [5.41, 5.74) is 0.358. The maximum atomic E-state index is 10.8. The molecule has 0 aliphatic rings. The fourth-order valence-electron chi connectivity index (χ4n) is 1.91. The SMILES string of the molecule is CC[As](c1ccccc1)c1ccc(C(=O)O)cc1. The first kappa shape index (κ1) is 12.9. The van der Waals surface area contributed by atoms with E-state index in [0.29, 0.717) is 5.56 Å². The first-order chi connectivity index (χ1) is 8.72. The Balaban J connectivity index is 2.31. The van der Waals surface area contributed by atoms with Gasteiger partial charge in [-0.15, -0.1) is 0 Å².